The molecule has 0 saturated heterocycles. The third kappa shape index (κ3) is 3.23. The van der Waals surface area contributed by atoms with Crippen molar-refractivity contribution in [2.45, 2.75) is 13.0 Å². The first kappa shape index (κ1) is 16.3. The zero-order valence-corrected chi connectivity index (χ0v) is 12.4. The summed E-state index contributed by atoms with van der Waals surface area (Å²) in [7, 11) is 1.12. The summed E-state index contributed by atoms with van der Waals surface area (Å²) < 4.78 is 19.8. The maximum atomic E-state index is 11.7. The van der Waals surface area contributed by atoms with Crippen molar-refractivity contribution < 1.29 is 33.5 Å². The molecule has 0 radical (unpaired) electrons. The van der Waals surface area contributed by atoms with Crippen LogP contribution in [0.25, 0.3) is 0 Å². The number of hydrogen-bond acceptors (Lipinski definition) is 8. The zero-order valence-electron chi connectivity index (χ0n) is 12.4. The Morgan fingerprint density at radius 3 is 2.48 bits per heavy atom. The lowest BCUT2D eigenvalue weighted by molar-refractivity contribution is -0.386. The van der Waals surface area contributed by atoms with Crippen molar-refractivity contribution >= 4 is 17.6 Å². The van der Waals surface area contributed by atoms with Gasteiger partial charge in [0.25, 0.3) is 5.69 Å². The Morgan fingerprint density at radius 1 is 1.35 bits per heavy atom. The van der Waals surface area contributed by atoms with Gasteiger partial charge in [0, 0.05) is 6.92 Å². The Balaban J connectivity index is 2.57. The van der Waals surface area contributed by atoms with E-state index >= 15 is 0 Å². The van der Waals surface area contributed by atoms with Crippen LogP contribution in [0.5, 0.6) is 11.5 Å². The van der Waals surface area contributed by atoms with Crippen LogP contribution in [0.3, 0.4) is 0 Å². The Kier molecular flexibility index (Phi) is 4.49. The number of fused-ring (bicyclic) bond motifs is 1. The van der Waals surface area contributed by atoms with E-state index < -0.39 is 28.7 Å². The number of carbonyl (C=O) groups excluding carboxylic acids is 2. The summed E-state index contributed by atoms with van der Waals surface area (Å²) in [6.45, 7) is 4.52. The fourth-order valence-electron chi connectivity index (χ4n) is 2.04. The number of hydrogen-bond donors (Lipinski definition) is 0. The van der Waals surface area contributed by atoms with Crippen LogP contribution in [-0.4, -0.2) is 30.8 Å². The van der Waals surface area contributed by atoms with E-state index in [1.165, 1.54) is 6.07 Å². The van der Waals surface area contributed by atoms with Crippen LogP contribution in [0.4, 0.5) is 5.69 Å². The van der Waals surface area contributed by atoms with Crippen molar-refractivity contribution in [3.05, 3.63) is 40.0 Å². The molecule has 122 valence electrons. The van der Waals surface area contributed by atoms with Gasteiger partial charge in [0.2, 0.25) is 6.79 Å². The third-order valence-corrected chi connectivity index (χ3v) is 3.05. The molecule has 0 aromatic heterocycles. The molecule has 1 heterocycles. The second-order valence-corrected chi connectivity index (χ2v) is 4.53. The maximum Gasteiger partial charge on any atom is 0.337 e. The van der Waals surface area contributed by atoms with Crippen molar-refractivity contribution in [3.8, 4) is 11.5 Å². The van der Waals surface area contributed by atoms with Crippen LogP contribution in [0.1, 0.15) is 18.6 Å². The Hall–Kier alpha value is -3.10. The van der Waals surface area contributed by atoms with Crippen LogP contribution >= 0.6 is 0 Å². The lowest BCUT2D eigenvalue weighted by atomic mass is 10.00. The molecule has 1 aromatic carbocycles. The molecule has 1 atom stereocenters. The highest BCUT2D eigenvalue weighted by atomic mass is 16.7. The molecule has 1 aliphatic rings. The monoisotopic (exact) mass is 323 g/mol. The first-order chi connectivity index (χ1) is 10.8. The molecule has 0 amide bonds. The van der Waals surface area contributed by atoms with E-state index in [0.29, 0.717) is 0 Å². The summed E-state index contributed by atoms with van der Waals surface area (Å²) >= 11 is 0. The summed E-state index contributed by atoms with van der Waals surface area (Å²) in [5.41, 5.74) is -0.722. The number of nitro groups is 1. The van der Waals surface area contributed by atoms with Gasteiger partial charge in [0.1, 0.15) is 0 Å². The molecule has 0 N–H and O–H groups in total. The molecule has 0 aliphatic carbocycles. The van der Waals surface area contributed by atoms with Crippen LogP contribution in [0, 0.1) is 10.1 Å². The number of nitrogens with zero attached hydrogens (tertiary/aromatic N) is 1. The quantitative estimate of drug-likeness (QED) is 0.348. The second kappa shape index (κ2) is 6.34. The van der Waals surface area contributed by atoms with Crippen molar-refractivity contribution in [3.63, 3.8) is 0 Å². The Labute approximate surface area is 130 Å². The summed E-state index contributed by atoms with van der Waals surface area (Å²) in [6, 6.07) is 2.42. The van der Waals surface area contributed by atoms with Gasteiger partial charge in [-0.05, 0) is 6.07 Å². The number of benzene rings is 1. The van der Waals surface area contributed by atoms with Crippen LogP contribution in [0.2, 0.25) is 0 Å². The molecule has 23 heavy (non-hydrogen) atoms. The summed E-state index contributed by atoms with van der Waals surface area (Å²) in [4.78, 5) is 33.6. The van der Waals surface area contributed by atoms with Crippen molar-refractivity contribution in [2.75, 3.05) is 13.9 Å². The van der Waals surface area contributed by atoms with Crippen molar-refractivity contribution in [1.82, 2.24) is 0 Å². The van der Waals surface area contributed by atoms with Gasteiger partial charge in [-0.3, -0.25) is 14.9 Å². The van der Waals surface area contributed by atoms with Crippen molar-refractivity contribution in [1.29, 1.82) is 0 Å². The van der Waals surface area contributed by atoms with Crippen LogP contribution < -0.4 is 9.47 Å². The summed E-state index contributed by atoms with van der Waals surface area (Å²) in [6.07, 6.45) is -1.38. The molecule has 1 unspecified atom stereocenters. The van der Waals surface area contributed by atoms with Crippen LogP contribution in [0.15, 0.2) is 24.3 Å². The summed E-state index contributed by atoms with van der Waals surface area (Å²) in [5, 5.41) is 11.3. The minimum Gasteiger partial charge on any atom is -0.466 e. The average molecular weight is 323 g/mol. The fraction of sp³-hybridized carbons (Fsp3) is 0.286. The standard InChI is InChI=1S/C14H13NO8/c1-7(14(17)20-3)13(23-8(2)16)9-4-11-12(22-6-21-11)5-10(9)15(18)19/h4-5,13H,1,6H2,2-3H3. The SMILES string of the molecule is C=C(C(=O)OC)C(OC(C)=O)c1cc2c(cc1[N+](=O)[O-])OCO2. The topological polar surface area (TPSA) is 114 Å². The number of carbonyl (C=O) groups is 2. The smallest absolute Gasteiger partial charge is 0.337 e. The van der Waals surface area contributed by atoms with E-state index in [1.807, 2.05) is 0 Å². The van der Waals surface area contributed by atoms with Gasteiger partial charge >= 0.3 is 11.9 Å². The van der Waals surface area contributed by atoms with Gasteiger partial charge in [-0.1, -0.05) is 6.58 Å². The number of rotatable bonds is 5. The van der Waals surface area contributed by atoms with Gasteiger partial charge in [0.15, 0.2) is 17.6 Å². The lowest BCUT2D eigenvalue weighted by Gasteiger charge is -2.18. The first-order valence-corrected chi connectivity index (χ1v) is 6.37. The molecule has 0 fully saturated rings. The molecule has 0 bridgehead atoms. The molecule has 2 rings (SSSR count). The molecular formula is C14H13NO8. The number of ether oxygens (including phenoxy) is 4. The molecule has 0 saturated carbocycles. The highest BCUT2D eigenvalue weighted by Gasteiger charge is 2.33. The second-order valence-electron chi connectivity index (χ2n) is 4.53. The third-order valence-electron chi connectivity index (χ3n) is 3.05. The summed E-state index contributed by atoms with van der Waals surface area (Å²) in [5.74, 6) is -1.18. The fourth-order valence-corrected chi connectivity index (χ4v) is 2.04. The van der Waals surface area contributed by atoms with E-state index in [9.17, 15) is 19.7 Å². The molecule has 9 nitrogen and oxygen atoms in total. The van der Waals surface area contributed by atoms with E-state index in [-0.39, 0.29) is 29.4 Å². The van der Waals surface area contributed by atoms with Crippen molar-refractivity contribution in [2.24, 2.45) is 0 Å². The predicted octanol–water partition coefficient (Wildman–Crippen LogP) is 1.66. The number of esters is 2. The van der Waals surface area contributed by atoms with Gasteiger partial charge in [-0.15, -0.1) is 0 Å². The van der Waals surface area contributed by atoms with E-state index in [1.54, 1.807) is 0 Å². The average Bonchev–Trinajstić information content (AvgIpc) is 2.96. The van der Waals surface area contributed by atoms with Gasteiger partial charge < -0.3 is 18.9 Å². The maximum absolute atomic E-state index is 11.7. The molecule has 0 spiro atoms. The highest BCUT2D eigenvalue weighted by Crippen LogP contribution is 2.42. The van der Waals surface area contributed by atoms with Gasteiger partial charge in [-0.25, -0.2) is 4.79 Å². The normalized spacial score (nSPS) is 13.1. The molecule has 1 aromatic rings. The largest absolute Gasteiger partial charge is 0.466 e. The number of nitro benzene ring substituents is 1. The van der Waals surface area contributed by atoms with Gasteiger partial charge in [0.05, 0.1) is 29.2 Å². The molecule has 1 aliphatic heterocycles. The highest BCUT2D eigenvalue weighted by molar-refractivity contribution is 5.90. The Morgan fingerprint density at radius 2 is 1.96 bits per heavy atom. The van der Waals surface area contributed by atoms with E-state index in [0.717, 1.165) is 20.1 Å². The lowest BCUT2D eigenvalue weighted by Crippen LogP contribution is -2.18. The molecular weight excluding hydrogens is 310 g/mol. The van der Waals surface area contributed by atoms with Gasteiger partial charge in [-0.2, -0.15) is 0 Å². The predicted molar refractivity (Wildman–Crippen MR) is 74.9 cm³/mol. The zero-order chi connectivity index (χ0) is 17.1. The minimum atomic E-state index is -1.38. The first-order valence-electron chi connectivity index (χ1n) is 6.37. The van der Waals surface area contributed by atoms with E-state index in [4.69, 9.17) is 14.2 Å². The van der Waals surface area contributed by atoms with Crippen LogP contribution in [-0.2, 0) is 19.1 Å². The minimum absolute atomic E-state index is 0.0650. The van der Waals surface area contributed by atoms with E-state index in [2.05, 4.69) is 11.3 Å². The Bertz CT molecular complexity index is 696. The number of methoxy groups -OCH3 is 1. The molecule has 9 heteroatoms.